The van der Waals surface area contributed by atoms with E-state index in [0.29, 0.717) is 17.9 Å². The minimum absolute atomic E-state index is 0.345. The molecule has 3 heteroatoms. The highest BCUT2D eigenvalue weighted by Gasteiger charge is 2.27. The Kier molecular flexibility index (Phi) is 3.53. The molecule has 2 heterocycles. The molecule has 0 bridgehead atoms. The quantitative estimate of drug-likeness (QED) is 0.713. The van der Waals surface area contributed by atoms with Crippen LogP contribution in [0, 0.1) is 5.41 Å². The first-order valence-electron chi connectivity index (χ1n) is 6.57. The highest BCUT2D eigenvalue weighted by Crippen LogP contribution is 2.29. The fraction of sp³-hybridized carbons (Fsp3) is 0.923. The van der Waals surface area contributed by atoms with Crippen LogP contribution >= 0.6 is 0 Å². The Hall–Kier alpha value is -0.570. The van der Waals surface area contributed by atoms with Gasteiger partial charge in [0.25, 0.3) is 0 Å². The number of carbonyl (C=O) groups excluding carboxylic acids is 1. The summed E-state index contributed by atoms with van der Waals surface area (Å²) in [6, 6.07) is 0. The van der Waals surface area contributed by atoms with Crippen LogP contribution in [0.3, 0.4) is 0 Å². The Balaban J connectivity index is 1.76. The maximum atomic E-state index is 12.0. The molecule has 2 rings (SSSR count). The minimum Gasteiger partial charge on any atom is -0.342 e. The van der Waals surface area contributed by atoms with Gasteiger partial charge in [0, 0.05) is 13.1 Å². The lowest BCUT2D eigenvalue weighted by atomic mass is 9.83. The lowest BCUT2D eigenvalue weighted by molar-refractivity contribution is -0.131. The van der Waals surface area contributed by atoms with Crippen molar-refractivity contribution >= 4 is 5.91 Å². The number of nitrogens with zero attached hydrogens (tertiary/aromatic N) is 2. The summed E-state index contributed by atoms with van der Waals surface area (Å²) in [6.07, 6.45) is 4.83. The molecule has 2 aliphatic heterocycles. The van der Waals surface area contributed by atoms with E-state index >= 15 is 0 Å². The third-order valence-corrected chi connectivity index (χ3v) is 4.03. The van der Waals surface area contributed by atoms with E-state index in [1.54, 1.807) is 0 Å². The van der Waals surface area contributed by atoms with Crippen molar-refractivity contribution in [2.45, 2.75) is 39.5 Å². The van der Waals surface area contributed by atoms with Crippen molar-refractivity contribution in [2.24, 2.45) is 5.41 Å². The maximum Gasteiger partial charge on any atom is 0.236 e. The second-order valence-electron chi connectivity index (χ2n) is 6.03. The van der Waals surface area contributed by atoms with Gasteiger partial charge in [0.05, 0.1) is 6.54 Å². The summed E-state index contributed by atoms with van der Waals surface area (Å²) in [5.74, 6) is 0.345. The van der Waals surface area contributed by atoms with Gasteiger partial charge in [0.2, 0.25) is 5.91 Å². The van der Waals surface area contributed by atoms with Gasteiger partial charge >= 0.3 is 0 Å². The van der Waals surface area contributed by atoms with Crippen molar-refractivity contribution in [2.75, 3.05) is 32.7 Å². The van der Waals surface area contributed by atoms with E-state index in [2.05, 4.69) is 18.7 Å². The molecular formula is C13H24N2O. The molecule has 0 unspecified atom stereocenters. The number of carbonyl (C=O) groups is 1. The van der Waals surface area contributed by atoms with Crippen LogP contribution in [0.4, 0.5) is 0 Å². The van der Waals surface area contributed by atoms with Gasteiger partial charge in [-0.2, -0.15) is 0 Å². The van der Waals surface area contributed by atoms with Crippen LogP contribution < -0.4 is 0 Å². The molecule has 0 atom stereocenters. The van der Waals surface area contributed by atoms with Crippen molar-refractivity contribution in [3.63, 3.8) is 0 Å². The average molecular weight is 224 g/mol. The van der Waals surface area contributed by atoms with Crippen molar-refractivity contribution in [1.82, 2.24) is 9.80 Å². The van der Waals surface area contributed by atoms with Gasteiger partial charge in [-0.05, 0) is 44.2 Å². The van der Waals surface area contributed by atoms with Gasteiger partial charge in [-0.1, -0.05) is 13.8 Å². The number of rotatable bonds is 2. The minimum atomic E-state index is 0.345. The molecule has 0 aliphatic carbocycles. The average Bonchev–Trinajstić information content (AvgIpc) is 2.74. The zero-order valence-corrected chi connectivity index (χ0v) is 10.7. The van der Waals surface area contributed by atoms with E-state index in [4.69, 9.17) is 0 Å². The number of piperidine rings is 1. The standard InChI is InChI=1S/C13H24N2O/c1-13(2)5-9-14(10-6-13)11-12(16)15-7-3-4-8-15/h3-11H2,1-2H3. The Bertz CT molecular complexity index is 247. The Morgan fingerprint density at radius 2 is 1.62 bits per heavy atom. The highest BCUT2D eigenvalue weighted by atomic mass is 16.2. The Morgan fingerprint density at radius 3 is 2.19 bits per heavy atom. The van der Waals surface area contributed by atoms with Gasteiger partial charge in [0.15, 0.2) is 0 Å². The van der Waals surface area contributed by atoms with Gasteiger partial charge in [-0.25, -0.2) is 0 Å². The van der Waals surface area contributed by atoms with Gasteiger partial charge in [-0.3, -0.25) is 9.69 Å². The van der Waals surface area contributed by atoms with Crippen molar-refractivity contribution in [3.05, 3.63) is 0 Å². The Labute approximate surface area is 98.8 Å². The van der Waals surface area contributed by atoms with E-state index in [0.717, 1.165) is 26.2 Å². The van der Waals surface area contributed by atoms with Crippen LogP contribution in [0.15, 0.2) is 0 Å². The van der Waals surface area contributed by atoms with E-state index in [1.165, 1.54) is 25.7 Å². The summed E-state index contributed by atoms with van der Waals surface area (Å²) in [5.41, 5.74) is 0.479. The largest absolute Gasteiger partial charge is 0.342 e. The summed E-state index contributed by atoms with van der Waals surface area (Å²) in [4.78, 5) is 16.3. The number of amides is 1. The summed E-state index contributed by atoms with van der Waals surface area (Å²) >= 11 is 0. The fourth-order valence-corrected chi connectivity index (χ4v) is 2.57. The van der Waals surface area contributed by atoms with Crippen LogP contribution in [0.25, 0.3) is 0 Å². The molecule has 2 aliphatic rings. The molecule has 0 aromatic heterocycles. The SMILES string of the molecule is CC1(C)CCN(CC(=O)N2CCCC2)CC1. The number of hydrogen-bond acceptors (Lipinski definition) is 2. The number of hydrogen-bond donors (Lipinski definition) is 0. The van der Waals surface area contributed by atoms with Crippen LogP contribution in [-0.2, 0) is 4.79 Å². The molecule has 0 spiro atoms. The molecule has 0 aromatic rings. The Morgan fingerprint density at radius 1 is 1.06 bits per heavy atom. The second kappa shape index (κ2) is 4.74. The molecule has 92 valence electrons. The number of likely N-dealkylation sites (tertiary alicyclic amines) is 2. The smallest absolute Gasteiger partial charge is 0.236 e. The molecule has 0 saturated carbocycles. The lowest BCUT2D eigenvalue weighted by Crippen LogP contribution is -2.44. The molecule has 2 saturated heterocycles. The van der Waals surface area contributed by atoms with Crippen LogP contribution in [0.1, 0.15) is 39.5 Å². The topological polar surface area (TPSA) is 23.6 Å². The summed E-state index contributed by atoms with van der Waals surface area (Å²) in [7, 11) is 0. The van der Waals surface area contributed by atoms with E-state index in [9.17, 15) is 4.79 Å². The predicted octanol–water partition coefficient (Wildman–Crippen LogP) is 1.73. The summed E-state index contributed by atoms with van der Waals surface area (Å²) in [5, 5.41) is 0. The lowest BCUT2D eigenvalue weighted by Gasteiger charge is -2.37. The van der Waals surface area contributed by atoms with E-state index < -0.39 is 0 Å². The molecular weight excluding hydrogens is 200 g/mol. The molecule has 0 radical (unpaired) electrons. The maximum absolute atomic E-state index is 12.0. The summed E-state index contributed by atoms with van der Waals surface area (Å²) < 4.78 is 0. The highest BCUT2D eigenvalue weighted by molar-refractivity contribution is 5.78. The van der Waals surface area contributed by atoms with Gasteiger partial charge < -0.3 is 4.90 Å². The molecule has 0 N–H and O–H groups in total. The third kappa shape index (κ3) is 2.97. The van der Waals surface area contributed by atoms with Crippen molar-refractivity contribution in [1.29, 1.82) is 0 Å². The zero-order valence-electron chi connectivity index (χ0n) is 10.7. The van der Waals surface area contributed by atoms with E-state index in [-0.39, 0.29) is 0 Å². The zero-order chi connectivity index (χ0) is 11.6. The molecule has 16 heavy (non-hydrogen) atoms. The molecule has 1 amide bonds. The first kappa shape index (κ1) is 11.9. The predicted molar refractivity (Wildman–Crippen MR) is 65.3 cm³/mol. The summed E-state index contributed by atoms with van der Waals surface area (Å²) in [6.45, 7) is 9.45. The van der Waals surface area contributed by atoms with E-state index in [1.807, 2.05) is 4.90 Å². The molecule has 2 fully saturated rings. The molecule has 3 nitrogen and oxygen atoms in total. The second-order valence-corrected chi connectivity index (χ2v) is 6.03. The van der Waals surface area contributed by atoms with Crippen LogP contribution in [0.5, 0.6) is 0 Å². The first-order valence-corrected chi connectivity index (χ1v) is 6.57. The van der Waals surface area contributed by atoms with Crippen molar-refractivity contribution < 1.29 is 4.79 Å². The van der Waals surface area contributed by atoms with Gasteiger partial charge in [-0.15, -0.1) is 0 Å². The monoisotopic (exact) mass is 224 g/mol. The van der Waals surface area contributed by atoms with Crippen molar-refractivity contribution in [3.8, 4) is 0 Å². The fourth-order valence-electron chi connectivity index (χ4n) is 2.57. The van der Waals surface area contributed by atoms with Gasteiger partial charge in [0.1, 0.15) is 0 Å². The van der Waals surface area contributed by atoms with Crippen LogP contribution in [0.2, 0.25) is 0 Å². The molecule has 0 aromatic carbocycles. The van der Waals surface area contributed by atoms with Crippen LogP contribution in [-0.4, -0.2) is 48.4 Å². The third-order valence-electron chi connectivity index (χ3n) is 4.03. The normalized spacial score (nSPS) is 26.0. The first-order chi connectivity index (χ1) is 7.57.